The predicted octanol–water partition coefficient (Wildman–Crippen LogP) is 6.15. The van der Waals surface area contributed by atoms with Gasteiger partial charge < -0.3 is 0 Å². The van der Waals surface area contributed by atoms with Gasteiger partial charge in [-0.1, -0.05) is 60.2 Å². The van der Waals surface area contributed by atoms with E-state index in [-0.39, 0.29) is 5.91 Å². The van der Waals surface area contributed by atoms with E-state index in [1.54, 1.807) is 23.2 Å². The van der Waals surface area contributed by atoms with Crippen molar-refractivity contribution in [2.45, 2.75) is 19.9 Å². The Morgan fingerprint density at radius 1 is 1.13 bits per heavy atom. The average Bonchev–Trinajstić information content (AvgIpc) is 3.20. The Balaban J connectivity index is 1.69. The molecule has 2 aromatic carbocycles. The molecule has 150 valence electrons. The maximum atomic E-state index is 13.2. The summed E-state index contributed by atoms with van der Waals surface area (Å²) in [6, 6.07) is 19.3. The van der Waals surface area contributed by atoms with Gasteiger partial charge >= 0.3 is 0 Å². The number of aryl methyl sites for hydroxylation is 1. The predicted molar refractivity (Wildman–Crippen MR) is 125 cm³/mol. The van der Waals surface area contributed by atoms with Crippen molar-refractivity contribution >= 4 is 50.3 Å². The molecule has 30 heavy (non-hydrogen) atoms. The maximum absolute atomic E-state index is 13.2. The van der Waals surface area contributed by atoms with Gasteiger partial charge in [-0.15, -0.1) is 0 Å². The molecule has 0 unspecified atom stereocenters. The first-order chi connectivity index (χ1) is 14.6. The zero-order valence-corrected chi connectivity index (χ0v) is 18.0. The lowest BCUT2D eigenvalue weighted by atomic mass is 10.2. The number of anilines is 1. The third-order valence-electron chi connectivity index (χ3n) is 4.70. The lowest BCUT2D eigenvalue weighted by Gasteiger charge is -2.17. The van der Waals surface area contributed by atoms with Crippen LogP contribution in [0.25, 0.3) is 16.3 Å². The van der Waals surface area contributed by atoms with Gasteiger partial charge in [-0.3, -0.25) is 14.7 Å². The van der Waals surface area contributed by atoms with Crippen molar-refractivity contribution in [2.75, 3.05) is 4.90 Å². The quantitative estimate of drug-likeness (QED) is 0.342. The first kappa shape index (κ1) is 20.3. The summed E-state index contributed by atoms with van der Waals surface area (Å²) in [5.41, 5.74) is 3.73. The summed E-state index contributed by atoms with van der Waals surface area (Å²) in [7, 11) is 0. The van der Waals surface area contributed by atoms with Gasteiger partial charge in [0.2, 0.25) is 0 Å². The van der Waals surface area contributed by atoms with Crippen LogP contribution in [0.3, 0.4) is 0 Å². The Labute approximate surface area is 184 Å². The molecule has 0 bridgehead atoms. The van der Waals surface area contributed by atoms with Crippen LogP contribution in [-0.2, 0) is 17.8 Å². The second kappa shape index (κ2) is 9.20. The van der Waals surface area contributed by atoms with Crippen molar-refractivity contribution in [3.8, 4) is 0 Å². The highest BCUT2D eigenvalue weighted by molar-refractivity contribution is 7.22. The van der Waals surface area contributed by atoms with Crippen molar-refractivity contribution in [2.24, 2.45) is 0 Å². The number of benzene rings is 2. The van der Waals surface area contributed by atoms with Crippen LogP contribution in [0, 0.1) is 0 Å². The number of pyridine rings is 1. The maximum Gasteiger partial charge on any atom is 0.253 e. The van der Waals surface area contributed by atoms with Gasteiger partial charge in [0.15, 0.2) is 5.13 Å². The molecule has 0 spiro atoms. The van der Waals surface area contributed by atoms with Crippen LogP contribution in [0.4, 0.5) is 5.13 Å². The van der Waals surface area contributed by atoms with Crippen LogP contribution < -0.4 is 4.90 Å². The van der Waals surface area contributed by atoms with Crippen LogP contribution in [0.1, 0.15) is 23.7 Å². The standard InChI is InChI=1S/C24H20ClN3OS/c1-2-17-10-12-21-22(15-17)30-24(27-21)28(16-19-8-5-6-14-26-19)23(29)13-11-18-7-3-4-9-20(18)25/h3-15H,2,16H2,1H3/b13-11+. The second-order valence-electron chi connectivity index (χ2n) is 6.75. The number of rotatable bonds is 6. The molecule has 0 radical (unpaired) electrons. The molecule has 0 atom stereocenters. The number of thiazole rings is 1. The average molecular weight is 434 g/mol. The highest BCUT2D eigenvalue weighted by Crippen LogP contribution is 2.31. The Morgan fingerprint density at radius 3 is 2.73 bits per heavy atom. The van der Waals surface area contributed by atoms with Crippen molar-refractivity contribution in [1.82, 2.24) is 9.97 Å². The van der Waals surface area contributed by atoms with Gasteiger partial charge in [-0.25, -0.2) is 4.98 Å². The van der Waals surface area contributed by atoms with Gasteiger partial charge in [0, 0.05) is 17.3 Å². The van der Waals surface area contributed by atoms with E-state index in [9.17, 15) is 4.79 Å². The molecule has 0 aliphatic carbocycles. The van der Waals surface area contributed by atoms with Crippen LogP contribution in [-0.4, -0.2) is 15.9 Å². The summed E-state index contributed by atoms with van der Waals surface area (Å²) in [6.45, 7) is 2.46. The number of carbonyl (C=O) groups excluding carboxylic acids is 1. The monoisotopic (exact) mass is 433 g/mol. The van der Waals surface area contributed by atoms with Crippen molar-refractivity contribution in [3.63, 3.8) is 0 Å². The Morgan fingerprint density at radius 2 is 1.97 bits per heavy atom. The zero-order valence-electron chi connectivity index (χ0n) is 16.5. The zero-order chi connectivity index (χ0) is 20.9. The van der Waals surface area contributed by atoms with Crippen molar-refractivity contribution in [3.05, 3.63) is 94.8 Å². The first-order valence-corrected chi connectivity index (χ1v) is 10.9. The molecule has 0 saturated carbocycles. The first-order valence-electron chi connectivity index (χ1n) is 9.67. The molecule has 1 amide bonds. The second-order valence-corrected chi connectivity index (χ2v) is 8.17. The van der Waals surface area contributed by atoms with E-state index in [4.69, 9.17) is 16.6 Å². The summed E-state index contributed by atoms with van der Waals surface area (Å²) in [4.78, 5) is 23.9. The number of halogens is 1. The summed E-state index contributed by atoms with van der Waals surface area (Å²) >= 11 is 7.73. The third kappa shape index (κ3) is 4.58. The van der Waals surface area contributed by atoms with Gasteiger partial charge in [0.25, 0.3) is 5.91 Å². The largest absolute Gasteiger partial charge is 0.278 e. The molecule has 0 aliphatic rings. The van der Waals surface area contributed by atoms with E-state index in [0.29, 0.717) is 16.7 Å². The molecule has 6 heteroatoms. The molecule has 2 heterocycles. The lowest BCUT2D eigenvalue weighted by Crippen LogP contribution is -2.29. The van der Waals surface area contributed by atoms with Crippen LogP contribution in [0.15, 0.2) is 72.9 Å². The van der Waals surface area contributed by atoms with Crippen LogP contribution in [0.5, 0.6) is 0 Å². The lowest BCUT2D eigenvalue weighted by molar-refractivity contribution is -0.114. The normalized spacial score (nSPS) is 11.3. The number of hydrogen-bond donors (Lipinski definition) is 0. The summed E-state index contributed by atoms with van der Waals surface area (Å²) in [5.74, 6) is -0.171. The molecule has 2 aromatic heterocycles. The minimum Gasteiger partial charge on any atom is -0.278 e. The Bertz CT molecular complexity index is 1200. The Kier molecular flexibility index (Phi) is 6.21. The summed E-state index contributed by atoms with van der Waals surface area (Å²) in [5, 5.41) is 1.25. The topological polar surface area (TPSA) is 46.1 Å². The number of carbonyl (C=O) groups is 1. The van der Waals surface area contributed by atoms with E-state index in [0.717, 1.165) is 27.9 Å². The number of amides is 1. The molecule has 4 rings (SSSR count). The molecule has 4 aromatic rings. The van der Waals surface area contributed by atoms with Gasteiger partial charge in [0.1, 0.15) is 0 Å². The SMILES string of the molecule is CCc1ccc2nc(N(Cc3ccccn3)C(=O)/C=C/c3ccccc3Cl)sc2c1. The molecule has 0 aliphatic heterocycles. The molecule has 0 saturated heterocycles. The summed E-state index contributed by atoms with van der Waals surface area (Å²) < 4.78 is 1.07. The third-order valence-corrected chi connectivity index (χ3v) is 6.09. The fourth-order valence-electron chi connectivity index (χ4n) is 3.05. The minimum atomic E-state index is -0.171. The minimum absolute atomic E-state index is 0.171. The number of nitrogens with zero attached hydrogens (tertiary/aromatic N) is 3. The van der Waals surface area contributed by atoms with E-state index < -0.39 is 0 Å². The van der Waals surface area contributed by atoms with Crippen molar-refractivity contribution < 1.29 is 4.79 Å². The molecular formula is C24H20ClN3OS. The van der Waals surface area contributed by atoms with E-state index in [1.165, 1.54) is 23.0 Å². The van der Waals surface area contributed by atoms with Crippen LogP contribution in [0.2, 0.25) is 5.02 Å². The van der Waals surface area contributed by atoms with Gasteiger partial charge in [-0.05, 0) is 54.0 Å². The number of fused-ring (bicyclic) bond motifs is 1. The molecule has 4 nitrogen and oxygen atoms in total. The smallest absolute Gasteiger partial charge is 0.253 e. The molecular weight excluding hydrogens is 414 g/mol. The number of aromatic nitrogens is 2. The Hall–Kier alpha value is -3.02. The molecule has 0 N–H and O–H groups in total. The van der Waals surface area contributed by atoms with Crippen molar-refractivity contribution in [1.29, 1.82) is 0 Å². The number of hydrogen-bond acceptors (Lipinski definition) is 4. The van der Waals surface area contributed by atoms with Gasteiger partial charge in [0.05, 0.1) is 22.5 Å². The van der Waals surface area contributed by atoms with E-state index in [2.05, 4.69) is 24.0 Å². The van der Waals surface area contributed by atoms with E-state index >= 15 is 0 Å². The fourth-order valence-corrected chi connectivity index (χ4v) is 4.28. The highest BCUT2D eigenvalue weighted by atomic mass is 35.5. The van der Waals surface area contributed by atoms with E-state index in [1.807, 2.05) is 42.5 Å². The highest BCUT2D eigenvalue weighted by Gasteiger charge is 2.19. The fraction of sp³-hybridized carbons (Fsp3) is 0.125. The van der Waals surface area contributed by atoms with Gasteiger partial charge in [-0.2, -0.15) is 0 Å². The summed E-state index contributed by atoms with van der Waals surface area (Å²) in [6.07, 6.45) is 5.95. The molecule has 0 fully saturated rings. The van der Waals surface area contributed by atoms with Crippen LogP contribution >= 0.6 is 22.9 Å².